The molecule has 47 heavy (non-hydrogen) atoms. The molecule has 0 radical (unpaired) electrons. The van der Waals surface area contributed by atoms with Crippen molar-refractivity contribution in [2.75, 3.05) is 27.9 Å². The summed E-state index contributed by atoms with van der Waals surface area (Å²) in [4.78, 5) is 44.0. The van der Waals surface area contributed by atoms with Crippen molar-refractivity contribution in [3.8, 4) is 39.7 Å². The number of aromatic nitrogens is 2. The number of methoxy groups -OCH3 is 3. The number of imidazole rings is 1. The zero-order chi connectivity index (χ0) is 33.1. The lowest BCUT2D eigenvalue weighted by Gasteiger charge is -2.20. The zero-order valence-electron chi connectivity index (χ0n) is 26.7. The molecule has 6 rings (SSSR count). The quantitative estimate of drug-likeness (QED) is 0.223. The van der Waals surface area contributed by atoms with Gasteiger partial charge < -0.3 is 33.8 Å². The molecule has 1 aliphatic carbocycles. The van der Waals surface area contributed by atoms with Crippen LogP contribution in [0, 0.1) is 0 Å². The number of hydrogen-bond acceptors (Lipinski definition) is 8. The second-order valence-corrected chi connectivity index (χ2v) is 11.3. The van der Waals surface area contributed by atoms with Gasteiger partial charge in [0.2, 0.25) is 23.0 Å². The SMILES string of the molecule is COc1cc2c(c(OC)c1OC)-c1cc3c(CC(=O)NCCn4ccnc4)c(-c4ccccc4)oc3c(=O)cc1[C@@H](NC(C)=O)CC2. The summed E-state index contributed by atoms with van der Waals surface area (Å²) >= 11 is 0. The first-order chi connectivity index (χ1) is 22.8. The molecular formula is C36H36N4O7. The molecule has 0 saturated carbocycles. The summed E-state index contributed by atoms with van der Waals surface area (Å²) < 4.78 is 25.6. The summed E-state index contributed by atoms with van der Waals surface area (Å²) in [5, 5.41) is 6.51. The third kappa shape index (κ3) is 6.16. The van der Waals surface area contributed by atoms with Crippen LogP contribution in [0.5, 0.6) is 17.2 Å². The van der Waals surface area contributed by atoms with Gasteiger partial charge in [0.15, 0.2) is 17.1 Å². The minimum Gasteiger partial charge on any atom is -0.493 e. The van der Waals surface area contributed by atoms with E-state index in [1.165, 1.54) is 20.1 Å². The van der Waals surface area contributed by atoms with E-state index in [-0.39, 0.29) is 29.2 Å². The highest BCUT2D eigenvalue weighted by molar-refractivity contribution is 5.96. The molecule has 0 unspecified atom stereocenters. The first kappa shape index (κ1) is 31.4. The molecule has 0 fully saturated rings. The van der Waals surface area contributed by atoms with Crippen molar-refractivity contribution in [2.45, 2.75) is 38.8 Å². The summed E-state index contributed by atoms with van der Waals surface area (Å²) in [6.07, 6.45) is 6.24. The summed E-state index contributed by atoms with van der Waals surface area (Å²) in [6, 6.07) is 14.2. The lowest BCUT2D eigenvalue weighted by Crippen LogP contribution is -2.28. The lowest BCUT2D eigenvalue weighted by atomic mass is 9.94. The van der Waals surface area contributed by atoms with Gasteiger partial charge in [-0.05, 0) is 47.7 Å². The van der Waals surface area contributed by atoms with Gasteiger partial charge in [-0.3, -0.25) is 14.4 Å². The Bertz CT molecular complexity index is 2000. The molecule has 0 spiro atoms. The normalized spacial score (nSPS) is 13.7. The van der Waals surface area contributed by atoms with Crippen molar-refractivity contribution in [3.05, 3.63) is 94.2 Å². The van der Waals surface area contributed by atoms with E-state index < -0.39 is 6.04 Å². The number of rotatable bonds is 10. The average Bonchev–Trinajstić information content (AvgIpc) is 3.65. The molecule has 0 saturated heterocycles. The summed E-state index contributed by atoms with van der Waals surface area (Å²) in [7, 11) is 4.65. The first-order valence-corrected chi connectivity index (χ1v) is 15.3. The second-order valence-electron chi connectivity index (χ2n) is 11.3. The van der Waals surface area contributed by atoms with Crippen LogP contribution in [-0.2, 0) is 29.0 Å². The number of nitrogens with zero attached hydrogens (tertiary/aromatic N) is 2. The fourth-order valence-electron chi connectivity index (χ4n) is 6.35. The monoisotopic (exact) mass is 636 g/mol. The number of carbonyl (C=O) groups excluding carboxylic acids is 2. The van der Waals surface area contributed by atoms with Crippen molar-refractivity contribution < 1.29 is 28.2 Å². The maximum atomic E-state index is 14.1. The van der Waals surface area contributed by atoms with E-state index in [2.05, 4.69) is 15.6 Å². The van der Waals surface area contributed by atoms with Gasteiger partial charge in [-0.2, -0.15) is 0 Å². The van der Waals surface area contributed by atoms with Crippen LogP contribution in [0.25, 0.3) is 33.4 Å². The summed E-state index contributed by atoms with van der Waals surface area (Å²) in [5.41, 5.74) is 3.92. The van der Waals surface area contributed by atoms with Gasteiger partial charge in [0.1, 0.15) is 5.76 Å². The van der Waals surface area contributed by atoms with Crippen molar-refractivity contribution in [1.82, 2.24) is 20.2 Å². The Kier molecular flexibility index (Phi) is 8.97. The van der Waals surface area contributed by atoms with Crippen molar-refractivity contribution in [1.29, 1.82) is 0 Å². The molecule has 0 bridgehead atoms. The van der Waals surface area contributed by atoms with Crippen molar-refractivity contribution >= 4 is 22.8 Å². The van der Waals surface area contributed by atoms with E-state index in [4.69, 9.17) is 18.6 Å². The third-order valence-corrected chi connectivity index (χ3v) is 8.42. The molecule has 11 nitrogen and oxygen atoms in total. The van der Waals surface area contributed by atoms with Gasteiger partial charge in [0.05, 0.1) is 40.1 Å². The molecule has 242 valence electrons. The van der Waals surface area contributed by atoms with Gasteiger partial charge in [-0.1, -0.05) is 30.3 Å². The number of fused-ring (bicyclic) bond motifs is 4. The number of aryl methyl sites for hydroxylation is 1. The van der Waals surface area contributed by atoms with Gasteiger partial charge in [0.25, 0.3) is 0 Å². The van der Waals surface area contributed by atoms with Crippen LogP contribution < -0.4 is 30.3 Å². The van der Waals surface area contributed by atoms with Gasteiger partial charge >= 0.3 is 0 Å². The number of ether oxygens (including phenoxy) is 3. The fourth-order valence-corrected chi connectivity index (χ4v) is 6.35. The number of nitrogens with one attached hydrogen (secondary N) is 2. The van der Waals surface area contributed by atoms with Crippen LogP contribution in [0.3, 0.4) is 0 Å². The molecule has 1 aliphatic rings. The molecular weight excluding hydrogens is 600 g/mol. The van der Waals surface area contributed by atoms with Gasteiger partial charge in [-0.25, -0.2) is 4.98 Å². The Hall–Kier alpha value is -5.58. The predicted octanol–water partition coefficient (Wildman–Crippen LogP) is 4.83. The maximum Gasteiger partial charge on any atom is 0.224 e. The Morgan fingerprint density at radius 1 is 1.04 bits per heavy atom. The highest BCUT2D eigenvalue weighted by Crippen LogP contribution is 2.51. The molecule has 11 heteroatoms. The number of amides is 2. The summed E-state index contributed by atoms with van der Waals surface area (Å²) in [6.45, 7) is 2.40. The number of hydrogen-bond donors (Lipinski definition) is 2. The maximum absolute atomic E-state index is 14.1. The zero-order valence-corrected chi connectivity index (χ0v) is 26.7. The van der Waals surface area contributed by atoms with Crippen molar-refractivity contribution in [2.24, 2.45) is 0 Å². The average molecular weight is 637 g/mol. The van der Waals surface area contributed by atoms with Crippen molar-refractivity contribution in [3.63, 3.8) is 0 Å². The number of carbonyl (C=O) groups is 2. The highest BCUT2D eigenvalue weighted by atomic mass is 16.5. The van der Waals surface area contributed by atoms with Gasteiger partial charge in [-0.15, -0.1) is 0 Å². The molecule has 2 N–H and O–H groups in total. The minimum atomic E-state index is -0.482. The number of furan rings is 1. The van der Waals surface area contributed by atoms with Crippen LogP contribution in [0.1, 0.15) is 36.1 Å². The molecule has 5 aromatic rings. The molecule has 1 atom stereocenters. The standard InChI is InChI=1S/C36H36N4O7/c1-21(41)39-28-11-10-23-16-30(44-2)35(45-3)36(46-4)32(23)25-17-26-27(19-31(43)38-13-15-40-14-12-37-20-40)33(22-8-6-5-7-9-22)47-34(26)29(42)18-24(25)28/h5-9,12,14,16-18,20,28H,10-11,13,15,19H2,1-4H3,(H,38,43)(H,39,41)/t28-/m0/s1. The highest BCUT2D eigenvalue weighted by Gasteiger charge is 2.31. The first-order valence-electron chi connectivity index (χ1n) is 15.3. The van der Waals surface area contributed by atoms with Crippen LogP contribution >= 0.6 is 0 Å². The van der Waals surface area contributed by atoms with Crippen LogP contribution in [0.2, 0.25) is 0 Å². The Balaban J connectivity index is 1.60. The molecule has 2 aromatic heterocycles. The lowest BCUT2D eigenvalue weighted by molar-refractivity contribution is -0.121. The van der Waals surface area contributed by atoms with Crippen LogP contribution in [0.4, 0.5) is 0 Å². The molecule has 2 heterocycles. The fraction of sp³-hybridized carbons (Fsp3) is 0.278. The topological polar surface area (TPSA) is 134 Å². The van der Waals surface area contributed by atoms with E-state index in [1.807, 2.05) is 53.2 Å². The Morgan fingerprint density at radius 3 is 2.51 bits per heavy atom. The second kappa shape index (κ2) is 13.4. The van der Waals surface area contributed by atoms with Crippen LogP contribution in [-0.4, -0.2) is 49.2 Å². The van der Waals surface area contributed by atoms with Crippen LogP contribution in [0.15, 0.2) is 76.5 Å². The van der Waals surface area contributed by atoms with E-state index in [9.17, 15) is 14.4 Å². The largest absolute Gasteiger partial charge is 0.493 e. The van der Waals surface area contributed by atoms with E-state index in [1.54, 1.807) is 26.7 Å². The molecule has 3 aromatic carbocycles. The summed E-state index contributed by atoms with van der Waals surface area (Å²) in [5.74, 6) is 1.32. The van der Waals surface area contributed by atoms with Gasteiger partial charge in [0, 0.05) is 54.5 Å². The third-order valence-electron chi connectivity index (χ3n) is 8.42. The number of benzene rings is 2. The molecule has 2 amide bonds. The smallest absolute Gasteiger partial charge is 0.224 e. The van der Waals surface area contributed by atoms with E-state index in [0.717, 1.165) is 11.1 Å². The Morgan fingerprint density at radius 2 is 1.83 bits per heavy atom. The van der Waals surface area contributed by atoms with E-state index in [0.29, 0.717) is 76.6 Å². The predicted molar refractivity (Wildman–Crippen MR) is 177 cm³/mol. The Labute approximate surface area is 271 Å². The molecule has 0 aliphatic heterocycles. The van der Waals surface area contributed by atoms with E-state index >= 15 is 0 Å². The minimum absolute atomic E-state index is 0.0373.